The first-order valence-electron chi connectivity index (χ1n) is 10.2. The molecule has 0 aliphatic rings. The third kappa shape index (κ3) is 12.8. The molecule has 0 aromatic heterocycles. The van der Waals surface area contributed by atoms with Gasteiger partial charge in [-0.25, -0.2) is 4.79 Å². The molecule has 0 saturated carbocycles. The van der Waals surface area contributed by atoms with Crippen molar-refractivity contribution in [1.29, 1.82) is 0 Å². The maximum absolute atomic E-state index is 12.7. The van der Waals surface area contributed by atoms with E-state index < -0.39 is 66.9 Å². The number of aliphatic carboxylic acids is 2. The van der Waals surface area contributed by atoms with Crippen LogP contribution in [-0.4, -0.2) is 100 Å². The van der Waals surface area contributed by atoms with Gasteiger partial charge in [-0.1, -0.05) is 0 Å². The Bertz CT molecular complexity index is 748. The lowest BCUT2D eigenvalue weighted by Gasteiger charge is -2.24. The Balaban J connectivity index is 5.21. The summed E-state index contributed by atoms with van der Waals surface area (Å²) in [5.74, 6) is -5.02. The largest absolute Gasteiger partial charge is 0.481 e. The summed E-state index contributed by atoms with van der Waals surface area (Å²) in [7, 11) is 0. The van der Waals surface area contributed by atoms with E-state index in [1.807, 2.05) is 0 Å². The summed E-state index contributed by atoms with van der Waals surface area (Å²) in [6.07, 6.45) is 1.50. The number of carboxylic acids is 2. The number of carboxylic acid groups (broad SMARTS) is 2. The average molecular weight is 508 g/mol. The number of aliphatic imine (C=N–C) groups is 1. The van der Waals surface area contributed by atoms with Gasteiger partial charge in [0.05, 0.1) is 19.1 Å². The number of aliphatic hydroxyl groups excluding tert-OH is 1. The Kier molecular flexibility index (Phi) is 15.0. The maximum Gasteiger partial charge on any atom is 0.326 e. The lowest BCUT2D eigenvalue weighted by molar-refractivity contribution is -0.142. The van der Waals surface area contributed by atoms with Crippen LogP contribution in [0.4, 0.5) is 0 Å². The van der Waals surface area contributed by atoms with Crippen LogP contribution < -0.4 is 33.2 Å². The van der Waals surface area contributed by atoms with Gasteiger partial charge >= 0.3 is 11.9 Å². The van der Waals surface area contributed by atoms with Crippen LogP contribution in [0, 0.1) is 0 Å². The first kappa shape index (κ1) is 30.9. The predicted molar refractivity (Wildman–Crippen MR) is 124 cm³/mol. The fraction of sp³-hybridized carbons (Fsp3) is 0.667. The van der Waals surface area contributed by atoms with Gasteiger partial charge in [0.15, 0.2) is 5.96 Å². The van der Waals surface area contributed by atoms with Gasteiger partial charge < -0.3 is 48.5 Å². The molecule has 0 aromatic rings. The molecule has 15 nitrogen and oxygen atoms in total. The van der Waals surface area contributed by atoms with E-state index in [0.717, 1.165) is 0 Å². The van der Waals surface area contributed by atoms with Crippen molar-refractivity contribution in [3.05, 3.63) is 0 Å². The fourth-order valence-electron chi connectivity index (χ4n) is 2.56. The van der Waals surface area contributed by atoms with Gasteiger partial charge in [0.1, 0.15) is 18.1 Å². The molecule has 0 radical (unpaired) electrons. The molecule has 194 valence electrons. The number of nitrogens with two attached hydrogens (primary N) is 3. The minimum atomic E-state index is -1.51. The van der Waals surface area contributed by atoms with Gasteiger partial charge in [-0.05, 0) is 31.3 Å². The normalized spacial score (nSPS) is 14.1. The highest BCUT2D eigenvalue weighted by Crippen LogP contribution is 2.05. The van der Waals surface area contributed by atoms with Crippen molar-refractivity contribution >= 4 is 47.4 Å². The van der Waals surface area contributed by atoms with E-state index >= 15 is 0 Å². The monoisotopic (exact) mass is 507 g/mol. The summed E-state index contributed by atoms with van der Waals surface area (Å²) in [6.45, 7) is -0.687. The van der Waals surface area contributed by atoms with Crippen molar-refractivity contribution in [1.82, 2.24) is 16.0 Å². The first-order valence-corrected chi connectivity index (χ1v) is 11.6. The number of hydrogen-bond donors (Lipinski definition) is 9. The molecule has 0 fully saturated rings. The standard InChI is InChI=1S/C18H33N7O8S/c1-34-6-4-10(15(30)24-11(17(32)33)3-2-5-22-18(20)21)23-16(31)12(8-26)25-14(29)9(19)7-13(27)28/h9-12,26H,2-8,19H2,1H3,(H,23,31)(H,24,30)(H,25,29)(H,27,28)(H,32,33)(H4,20,21,22). The lowest BCUT2D eigenvalue weighted by atomic mass is 10.1. The SMILES string of the molecule is CSCCC(NC(=O)C(CO)NC(=O)C(N)CC(=O)O)C(=O)NC(CCCN=C(N)N)C(=O)O. The minimum Gasteiger partial charge on any atom is -0.481 e. The summed E-state index contributed by atoms with van der Waals surface area (Å²) in [6, 6.07) is -5.40. The van der Waals surface area contributed by atoms with E-state index in [-0.39, 0.29) is 31.8 Å². The molecule has 12 N–H and O–H groups in total. The highest BCUT2D eigenvalue weighted by atomic mass is 32.2. The van der Waals surface area contributed by atoms with E-state index in [4.69, 9.17) is 22.3 Å². The van der Waals surface area contributed by atoms with Crippen molar-refractivity contribution in [2.75, 3.05) is 25.2 Å². The van der Waals surface area contributed by atoms with Crippen molar-refractivity contribution < 1.29 is 39.3 Å². The van der Waals surface area contributed by atoms with Crippen LogP contribution in [0.25, 0.3) is 0 Å². The summed E-state index contributed by atoms with van der Waals surface area (Å²) in [4.78, 5) is 63.1. The molecule has 4 atom stereocenters. The van der Waals surface area contributed by atoms with Crippen LogP contribution in [0.3, 0.4) is 0 Å². The summed E-state index contributed by atoms with van der Waals surface area (Å²) >= 11 is 1.38. The number of rotatable bonds is 17. The Morgan fingerprint density at radius 1 is 0.912 bits per heavy atom. The van der Waals surface area contributed by atoms with Crippen LogP contribution in [0.15, 0.2) is 4.99 Å². The molecule has 0 heterocycles. The predicted octanol–water partition coefficient (Wildman–Crippen LogP) is -3.87. The Hall–Kier alpha value is -3.11. The lowest BCUT2D eigenvalue weighted by Crippen LogP contribution is -2.58. The second kappa shape index (κ2) is 16.5. The fourth-order valence-corrected chi connectivity index (χ4v) is 3.04. The van der Waals surface area contributed by atoms with Crippen molar-refractivity contribution in [2.45, 2.75) is 49.9 Å². The number of hydrogen-bond acceptors (Lipinski definition) is 9. The van der Waals surface area contributed by atoms with E-state index in [1.165, 1.54) is 11.8 Å². The Morgan fingerprint density at radius 2 is 1.47 bits per heavy atom. The van der Waals surface area contributed by atoms with Crippen molar-refractivity contribution in [2.24, 2.45) is 22.2 Å². The number of carbonyl (C=O) groups excluding carboxylic acids is 3. The molecule has 34 heavy (non-hydrogen) atoms. The zero-order chi connectivity index (χ0) is 26.3. The zero-order valence-electron chi connectivity index (χ0n) is 18.7. The van der Waals surface area contributed by atoms with Gasteiger partial charge in [0.25, 0.3) is 0 Å². The molecule has 3 amide bonds. The van der Waals surface area contributed by atoms with Crippen LogP contribution in [0.5, 0.6) is 0 Å². The van der Waals surface area contributed by atoms with Gasteiger partial charge in [-0.15, -0.1) is 0 Å². The molecule has 0 saturated heterocycles. The second-order valence-corrected chi connectivity index (χ2v) is 8.12. The molecule has 16 heteroatoms. The molecule has 0 aromatic carbocycles. The van der Waals surface area contributed by atoms with E-state index in [1.54, 1.807) is 6.26 Å². The second-order valence-electron chi connectivity index (χ2n) is 7.14. The number of aliphatic hydroxyl groups is 1. The molecular formula is C18H33N7O8S. The van der Waals surface area contributed by atoms with Gasteiger partial charge in [0, 0.05) is 6.54 Å². The van der Waals surface area contributed by atoms with Crippen LogP contribution in [0.2, 0.25) is 0 Å². The third-order valence-electron chi connectivity index (χ3n) is 4.35. The molecule has 0 bridgehead atoms. The van der Waals surface area contributed by atoms with Crippen molar-refractivity contribution in [3.63, 3.8) is 0 Å². The summed E-state index contributed by atoms with van der Waals surface area (Å²) in [5, 5.41) is 34.4. The zero-order valence-corrected chi connectivity index (χ0v) is 19.5. The van der Waals surface area contributed by atoms with Crippen LogP contribution in [-0.2, 0) is 24.0 Å². The number of amides is 3. The quantitative estimate of drug-likeness (QED) is 0.0519. The smallest absolute Gasteiger partial charge is 0.326 e. The topological polar surface area (TPSA) is 273 Å². The summed E-state index contributed by atoms with van der Waals surface area (Å²) in [5.41, 5.74) is 15.9. The number of guanidine groups is 1. The van der Waals surface area contributed by atoms with E-state index in [0.29, 0.717) is 5.75 Å². The Morgan fingerprint density at radius 3 is 1.97 bits per heavy atom. The number of thioether (sulfide) groups is 1. The number of nitrogens with one attached hydrogen (secondary N) is 3. The average Bonchev–Trinajstić information content (AvgIpc) is 2.75. The number of carbonyl (C=O) groups is 5. The third-order valence-corrected chi connectivity index (χ3v) is 4.99. The van der Waals surface area contributed by atoms with Gasteiger partial charge in [-0.3, -0.25) is 24.2 Å². The molecule has 0 spiro atoms. The van der Waals surface area contributed by atoms with E-state index in [2.05, 4.69) is 20.9 Å². The van der Waals surface area contributed by atoms with Crippen LogP contribution in [0.1, 0.15) is 25.7 Å². The molecular weight excluding hydrogens is 474 g/mol. The van der Waals surface area contributed by atoms with Gasteiger partial charge in [-0.2, -0.15) is 11.8 Å². The van der Waals surface area contributed by atoms with E-state index in [9.17, 15) is 34.2 Å². The Labute approximate surface area is 200 Å². The maximum atomic E-state index is 12.7. The van der Waals surface area contributed by atoms with Gasteiger partial charge in [0.2, 0.25) is 17.7 Å². The summed E-state index contributed by atoms with van der Waals surface area (Å²) < 4.78 is 0. The number of nitrogens with zero attached hydrogens (tertiary/aromatic N) is 1. The first-order chi connectivity index (χ1) is 15.9. The highest BCUT2D eigenvalue weighted by molar-refractivity contribution is 7.98. The molecule has 4 unspecified atom stereocenters. The molecule has 0 rings (SSSR count). The molecule has 0 aliphatic heterocycles. The van der Waals surface area contributed by atoms with Crippen LogP contribution >= 0.6 is 11.8 Å². The molecule has 0 aliphatic carbocycles. The minimum absolute atomic E-state index is 0.0256. The van der Waals surface area contributed by atoms with Crippen molar-refractivity contribution in [3.8, 4) is 0 Å². The highest BCUT2D eigenvalue weighted by Gasteiger charge is 2.30.